The fourth-order valence-corrected chi connectivity index (χ4v) is 2.04. The normalized spacial score (nSPS) is 11.0. The van der Waals surface area contributed by atoms with Gasteiger partial charge in [0.15, 0.2) is 0 Å². The van der Waals surface area contributed by atoms with Gasteiger partial charge in [-0.3, -0.25) is 14.8 Å². The summed E-state index contributed by atoms with van der Waals surface area (Å²) in [5.74, 6) is 0.616. The summed E-state index contributed by atoms with van der Waals surface area (Å²) in [4.78, 5) is 10.4. The van der Waals surface area contributed by atoms with E-state index in [9.17, 15) is 10.1 Å². The molecule has 1 heterocycles. The van der Waals surface area contributed by atoms with Crippen LogP contribution in [0.1, 0.15) is 25.0 Å². The SMILES string of the molecule is CC(C)CNCc1cnn(Cc2cccc([N+](=O)[O-])c2)c1. The number of hydrogen-bond donors (Lipinski definition) is 1. The van der Waals surface area contributed by atoms with Gasteiger partial charge in [0.25, 0.3) is 5.69 Å². The monoisotopic (exact) mass is 288 g/mol. The van der Waals surface area contributed by atoms with Crippen molar-refractivity contribution < 1.29 is 4.92 Å². The number of nitrogens with zero attached hydrogens (tertiary/aromatic N) is 3. The minimum absolute atomic E-state index is 0.110. The van der Waals surface area contributed by atoms with Crippen molar-refractivity contribution in [2.24, 2.45) is 5.92 Å². The van der Waals surface area contributed by atoms with E-state index in [1.165, 1.54) is 6.07 Å². The van der Waals surface area contributed by atoms with Crippen LogP contribution in [-0.2, 0) is 13.1 Å². The highest BCUT2D eigenvalue weighted by atomic mass is 16.6. The van der Waals surface area contributed by atoms with Crippen LogP contribution in [0.25, 0.3) is 0 Å². The highest BCUT2D eigenvalue weighted by Gasteiger charge is 2.06. The Kier molecular flexibility index (Phi) is 5.05. The molecule has 1 aromatic carbocycles. The van der Waals surface area contributed by atoms with E-state index in [1.807, 2.05) is 18.5 Å². The van der Waals surface area contributed by atoms with Crippen LogP contribution in [0.15, 0.2) is 36.7 Å². The fourth-order valence-electron chi connectivity index (χ4n) is 2.04. The lowest BCUT2D eigenvalue weighted by Crippen LogP contribution is -2.18. The van der Waals surface area contributed by atoms with Gasteiger partial charge in [-0.15, -0.1) is 0 Å². The third kappa shape index (κ3) is 4.68. The summed E-state index contributed by atoms with van der Waals surface area (Å²) < 4.78 is 1.80. The molecule has 21 heavy (non-hydrogen) atoms. The van der Waals surface area contributed by atoms with Crippen molar-refractivity contribution in [1.29, 1.82) is 0 Å². The Balaban J connectivity index is 1.96. The maximum atomic E-state index is 10.8. The van der Waals surface area contributed by atoms with Crippen molar-refractivity contribution >= 4 is 5.69 Å². The first-order chi connectivity index (χ1) is 10.0. The van der Waals surface area contributed by atoms with Crippen LogP contribution in [0.2, 0.25) is 0 Å². The molecular weight excluding hydrogens is 268 g/mol. The van der Waals surface area contributed by atoms with Crippen LogP contribution in [0.3, 0.4) is 0 Å². The smallest absolute Gasteiger partial charge is 0.269 e. The van der Waals surface area contributed by atoms with Crippen molar-refractivity contribution in [3.8, 4) is 0 Å². The molecule has 2 rings (SSSR count). The average Bonchev–Trinajstić information content (AvgIpc) is 2.86. The minimum Gasteiger partial charge on any atom is -0.312 e. The average molecular weight is 288 g/mol. The zero-order valence-corrected chi connectivity index (χ0v) is 12.3. The molecule has 0 aliphatic heterocycles. The number of nitro benzene ring substituents is 1. The Morgan fingerprint density at radius 2 is 2.19 bits per heavy atom. The number of aromatic nitrogens is 2. The predicted molar refractivity (Wildman–Crippen MR) is 81.0 cm³/mol. The molecule has 0 saturated carbocycles. The van der Waals surface area contributed by atoms with Crippen molar-refractivity contribution in [2.75, 3.05) is 6.54 Å². The Labute approximate surface area is 123 Å². The van der Waals surface area contributed by atoms with Gasteiger partial charge in [-0.1, -0.05) is 26.0 Å². The third-order valence-electron chi connectivity index (χ3n) is 3.03. The molecule has 1 N–H and O–H groups in total. The molecule has 112 valence electrons. The van der Waals surface area contributed by atoms with E-state index in [-0.39, 0.29) is 10.6 Å². The summed E-state index contributed by atoms with van der Waals surface area (Å²) in [5, 5.41) is 18.4. The first-order valence-electron chi connectivity index (χ1n) is 7.00. The molecule has 0 amide bonds. The zero-order valence-electron chi connectivity index (χ0n) is 12.3. The van der Waals surface area contributed by atoms with Crippen LogP contribution in [0.4, 0.5) is 5.69 Å². The quantitative estimate of drug-likeness (QED) is 0.628. The number of nitro groups is 1. The van der Waals surface area contributed by atoms with Crippen LogP contribution in [0.5, 0.6) is 0 Å². The van der Waals surface area contributed by atoms with E-state index < -0.39 is 0 Å². The predicted octanol–water partition coefficient (Wildman–Crippen LogP) is 2.59. The summed E-state index contributed by atoms with van der Waals surface area (Å²) in [6.45, 7) is 6.62. The van der Waals surface area contributed by atoms with Gasteiger partial charge in [0.2, 0.25) is 0 Å². The molecule has 1 aromatic heterocycles. The molecule has 6 nitrogen and oxygen atoms in total. The second kappa shape index (κ2) is 6.99. The number of non-ortho nitro benzene ring substituents is 1. The van der Waals surface area contributed by atoms with Crippen LogP contribution >= 0.6 is 0 Å². The zero-order chi connectivity index (χ0) is 15.2. The number of rotatable bonds is 7. The van der Waals surface area contributed by atoms with Crippen LogP contribution in [-0.4, -0.2) is 21.2 Å². The fraction of sp³-hybridized carbons (Fsp3) is 0.400. The minimum atomic E-state index is -0.381. The maximum Gasteiger partial charge on any atom is 0.269 e. The van der Waals surface area contributed by atoms with E-state index in [2.05, 4.69) is 24.3 Å². The second-order valence-corrected chi connectivity index (χ2v) is 5.50. The molecule has 0 aliphatic rings. The second-order valence-electron chi connectivity index (χ2n) is 5.50. The summed E-state index contributed by atoms with van der Waals surface area (Å²) in [7, 11) is 0. The van der Waals surface area contributed by atoms with E-state index in [0.717, 1.165) is 24.2 Å². The molecular formula is C15H20N4O2. The topological polar surface area (TPSA) is 73.0 Å². The molecule has 0 spiro atoms. The van der Waals surface area contributed by atoms with Gasteiger partial charge < -0.3 is 5.32 Å². The van der Waals surface area contributed by atoms with Gasteiger partial charge in [0, 0.05) is 30.4 Å². The van der Waals surface area contributed by atoms with E-state index in [1.54, 1.807) is 16.8 Å². The summed E-state index contributed by atoms with van der Waals surface area (Å²) in [6, 6.07) is 6.64. The molecule has 0 aliphatic carbocycles. The van der Waals surface area contributed by atoms with E-state index in [0.29, 0.717) is 12.5 Å². The first-order valence-corrected chi connectivity index (χ1v) is 7.00. The van der Waals surface area contributed by atoms with Gasteiger partial charge in [0.05, 0.1) is 17.7 Å². The molecule has 0 unspecified atom stereocenters. The van der Waals surface area contributed by atoms with Crippen molar-refractivity contribution in [2.45, 2.75) is 26.9 Å². The van der Waals surface area contributed by atoms with Gasteiger partial charge >= 0.3 is 0 Å². The first kappa shape index (κ1) is 15.2. The van der Waals surface area contributed by atoms with Gasteiger partial charge in [-0.05, 0) is 18.0 Å². The highest BCUT2D eigenvalue weighted by Crippen LogP contribution is 2.14. The Bertz CT molecular complexity index is 607. The summed E-state index contributed by atoms with van der Waals surface area (Å²) >= 11 is 0. The molecule has 0 fully saturated rings. The molecule has 0 atom stereocenters. The lowest BCUT2D eigenvalue weighted by molar-refractivity contribution is -0.384. The van der Waals surface area contributed by atoms with Crippen molar-refractivity contribution in [3.63, 3.8) is 0 Å². The van der Waals surface area contributed by atoms with E-state index >= 15 is 0 Å². The summed E-state index contributed by atoms with van der Waals surface area (Å²) in [6.07, 6.45) is 3.79. The van der Waals surface area contributed by atoms with Crippen molar-refractivity contribution in [1.82, 2.24) is 15.1 Å². The van der Waals surface area contributed by atoms with Gasteiger partial charge in [-0.2, -0.15) is 5.10 Å². The summed E-state index contributed by atoms with van der Waals surface area (Å²) in [5.41, 5.74) is 2.09. The Morgan fingerprint density at radius 1 is 1.38 bits per heavy atom. The standard InChI is InChI=1S/C15H20N4O2/c1-12(2)7-16-8-14-9-17-18(11-14)10-13-4-3-5-15(6-13)19(20)21/h3-6,9,11-12,16H,7-8,10H2,1-2H3. The maximum absolute atomic E-state index is 10.8. The molecule has 0 radical (unpaired) electrons. The number of nitrogens with one attached hydrogen (secondary N) is 1. The van der Waals surface area contributed by atoms with Gasteiger partial charge in [-0.25, -0.2) is 0 Å². The lowest BCUT2D eigenvalue weighted by atomic mass is 10.2. The Hall–Kier alpha value is -2.21. The molecule has 2 aromatic rings. The van der Waals surface area contributed by atoms with E-state index in [4.69, 9.17) is 0 Å². The lowest BCUT2D eigenvalue weighted by Gasteiger charge is -2.05. The van der Waals surface area contributed by atoms with Gasteiger partial charge in [0.1, 0.15) is 0 Å². The van der Waals surface area contributed by atoms with Crippen LogP contribution < -0.4 is 5.32 Å². The Morgan fingerprint density at radius 3 is 2.90 bits per heavy atom. The molecule has 0 saturated heterocycles. The van der Waals surface area contributed by atoms with Crippen LogP contribution in [0, 0.1) is 16.0 Å². The number of hydrogen-bond acceptors (Lipinski definition) is 4. The third-order valence-corrected chi connectivity index (χ3v) is 3.03. The van der Waals surface area contributed by atoms with Crippen molar-refractivity contribution in [3.05, 3.63) is 57.9 Å². The largest absolute Gasteiger partial charge is 0.312 e. The molecule has 6 heteroatoms. The molecule has 0 bridgehead atoms. The highest BCUT2D eigenvalue weighted by molar-refractivity contribution is 5.34. The number of benzene rings is 1.